The molecule has 3 N–H and O–H groups in total. The van der Waals surface area contributed by atoms with Gasteiger partial charge in [0.05, 0.1) is 5.56 Å². The Labute approximate surface area is 113 Å². The Balaban J connectivity index is 1.79. The van der Waals surface area contributed by atoms with E-state index in [9.17, 15) is 4.79 Å². The number of hydrogen-bond acceptors (Lipinski definition) is 4. The van der Waals surface area contributed by atoms with E-state index in [-0.39, 0.29) is 11.6 Å². The van der Waals surface area contributed by atoms with Crippen molar-refractivity contribution in [2.24, 2.45) is 5.73 Å². The third kappa shape index (κ3) is 4.22. The van der Waals surface area contributed by atoms with Crippen LogP contribution in [-0.2, 0) is 0 Å². The number of ether oxygens (including phenoxy) is 1. The lowest BCUT2D eigenvalue weighted by Gasteiger charge is -2.30. The molecule has 19 heavy (non-hydrogen) atoms. The molecule has 0 aliphatic carbocycles. The van der Waals surface area contributed by atoms with Gasteiger partial charge in [-0.2, -0.15) is 0 Å². The Kier molecular flexibility index (Phi) is 4.76. The first-order valence-corrected chi connectivity index (χ1v) is 6.59. The minimum absolute atomic E-state index is 0.248. The second kappa shape index (κ2) is 6.54. The zero-order valence-corrected chi connectivity index (χ0v) is 10.9. The van der Waals surface area contributed by atoms with Gasteiger partial charge in [0, 0.05) is 19.1 Å². The average molecular weight is 264 g/mol. The Morgan fingerprint density at radius 2 is 2.37 bits per heavy atom. The largest absolute Gasteiger partial charge is 0.492 e. The third-order valence-electron chi connectivity index (χ3n) is 3.30. The van der Waals surface area contributed by atoms with Gasteiger partial charge in [0.25, 0.3) is 0 Å². The summed E-state index contributed by atoms with van der Waals surface area (Å²) in [6, 6.07) is 6.83. The quantitative estimate of drug-likeness (QED) is 0.835. The van der Waals surface area contributed by atoms with Crippen LogP contribution in [0.4, 0.5) is 0 Å². The number of rotatable bonds is 5. The van der Waals surface area contributed by atoms with E-state index >= 15 is 0 Å². The minimum Gasteiger partial charge on any atom is -0.492 e. The Hall–Kier alpha value is -1.59. The van der Waals surface area contributed by atoms with Crippen LogP contribution in [0.15, 0.2) is 24.3 Å². The van der Waals surface area contributed by atoms with Crippen molar-refractivity contribution >= 4 is 5.97 Å². The number of piperidine rings is 1. The number of carboxylic acid groups (broad SMARTS) is 1. The third-order valence-corrected chi connectivity index (χ3v) is 3.30. The Morgan fingerprint density at radius 3 is 3.11 bits per heavy atom. The average Bonchev–Trinajstić information content (AvgIpc) is 2.39. The van der Waals surface area contributed by atoms with E-state index in [1.807, 2.05) is 0 Å². The van der Waals surface area contributed by atoms with Crippen molar-refractivity contribution in [3.63, 3.8) is 0 Å². The number of nitrogens with zero attached hydrogens (tertiary/aromatic N) is 1. The van der Waals surface area contributed by atoms with Crippen LogP contribution in [0, 0.1) is 0 Å². The van der Waals surface area contributed by atoms with Crippen LogP contribution in [0.3, 0.4) is 0 Å². The van der Waals surface area contributed by atoms with E-state index in [1.54, 1.807) is 24.3 Å². The van der Waals surface area contributed by atoms with Crippen LogP contribution in [0.2, 0.25) is 0 Å². The molecule has 0 aromatic heterocycles. The highest BCUT2D eigenvalue weighted by molar-refractivity contribution is 5.87. The van der Waals surface area contributed by atoms with Crippen LogP contribution in [0.5, 0.6) is 5.75 Å². The molecule has 1 heterocycles. The van der Waals surface area contributed by atoms with Gasteiger partial charge in [-0.15, -0.1) is 0 Å². The highest BCUT2D eigenvalue weighted by atomic mass is 16.5. The van der Waals surface area contributed by atoms with Crippen LogP contribution in [0.1, 0.15) is 23.2 Å². The molecule has 5 nitrogen and oxygen atoms in total. The topological polar surface area (TPSA) is 75.8 Å². The lowest BCUT2D eigenvalue weighted by atomic mass is 10.1. The van der Waals surface area contributed by atoms with Gasteiger partial charge in [0.2, 0.25) is 0 Å². The van der Waals surface area contributed by atoms with E-state index < -0.39 is 5.97 Å². The van der Waals surface area contributed by atoms with Gasteiger partial charge in [0.15, 0.2) is 0 Å². The standard InChI is InChI=1S/C14H20N2O3/c15-12-4-2-6-16(10-12)7-8-19-13-5-1-3-11(9-13)14(17)18/h1,3,5,9,12H,2,4,6-8,10,15H2,(H,17,18). The van der Waals surface area contributed by atoms with Crippen molar-refractivity contribution in [1.29, 1.82) is 0 Å². The molecule has 5 heteroatoms. The van der Waals surface area contributed by atoms with Gasteiger partial charge in [-0.1, -0.05) is 6.07 Å². The second-order valence-electron chi connectivity index (χ2n) is 4.88. The van der Waals surface area contributed by atoms with Crippen molar-refractivity contribution in [3.8, 4) is 5.75 Å². The number of benzene rings is 1. The normalized spacial score (nSPS) is 20.2. The monoisotopic (exact) mass is 264 g/mol. The highest BCUT2D eigenvalue weighted by Crippen LogP contribution is 2.14. The Bertz CT molecular complexity index is 436. The number of likely N-dealkylation sites (tertiary alicyclic amines) is 1. The highest BCUT2D eigenvalue weighted by Gasteiger charge is 2.16. The molecular weight excluding hydrogens is 244 g/mol. The molecule has 1 aromatic carbocycles. The number of carboxylic acids is 1. The van der Waals surface area contributed by atoms with Crippen molar-refractivity contribution in [3.05, 3.63) is 29.8 Å². The summed E-state index contributed by atoms with van der Waals surface area (Å²) >= 11 is 0. The van der Waals surface area contributed by atoms with Crippen molar-refractivity contribution in [2.45, 2.75) is 18.9 Å². The molecule has 1 unspecified atom stereocenters. The summed E-state index contributed by atoms with van der Waals surface area (Å²) in [6.07, 6.45) is 2.23. The smallest absolute Gasteiger partial charge is 0.335 e. The molecule has 0 radical (unpaired) electrons. The number of nitrogens with two attached hydrogens (primary N) is 1. The first-order chi connectivity index (χ1) is 9.15. The van der Waals surface area contributed by atoms with Crippen LogP contribution in [-0.4, -0.2) is 48.3 Å². The zero-order valence-electron chi connectivity index (χ0n) is 10.9. The SMILES string of the molecule is NC1CCCN(CCOc2cccc(C(=O)O)c2)C1. The maximum absolute atomic E-state index is 10.8. The zero-order chi connectivity index (χ0) is 13.7. The summed E-state index contributed by atoms with van der Waals surface area (Å²) in [6.45, 7) is 3.35. The molecule has 1 atom stereocenters. The number of carbonyl (C=O) groups is 1. The first kappa shape index (κ1) is 13.8. The molecule has 0 saturated carbocycles. The number of aromatic carboxylic acids is 1. The molecule has 0 amide bonds. The van der Waals surface area contributed by atoms with Crippen molar-refractivity contribution < 1.29 is 14.6 Å². The fraction of sp³-hybridized carbons (Fsp3) is 0.500. The summed E-state index contributed by atoms with van der Waals surface area (Å²) in [5, 5.41) is 8.89. The van der Waals surface area contributed by atoms with Gasteiger partial charge < -0.3 is 15.6 Å². The molecule has 2 rings (SSSR count). The van der Waals surface area contributed by atoms with Crippen molar-refractivity contribution in [1.82, 2.24) is 4.90 Å². The summed E-state index contributed by atoms with van der Waals surface area (Å²) < 4.78 is 5.59. The summed E-state index contributed by atoms with van der Waals surface area (Å²) in [5.41, 5.74) is 6.16. The minimum atomic E-state index is -0.938. The predicted octanol–water partition coefficient (Wildman–Crippen LogP) is 1.19. The fourth-order valence-electron chi connectivity index (χ4n) is 2.31. The Morgan fingerprint density at radius 1 is 1.53 bits per heavy atom. The number of hydrogen-bond donors (Lipinski definition) is 2. The molecule has 1 aromatic rings. The molecule has 1 aliphatic rings. The molecule has 1 aliphatic heterocycles. The molecule has 1 fully saturated rings. The van der Waals surface area contributed by atoms with E-state index in [1.165, 1.54) is 0 Å². The summed E-state index contributed by atoms with van der Waals surface area (Å²) in [7, 11) is 0. The van der Waals surface area contributed by atoms with Crippen molar-refractivity contribution in [2.75, 3.05) is 26.2 Å². The first-order valence-electron chi connectivity index (χ1n) is 6.59. The van der Waals surface area contributed by atoms with Gasteiger partial charge in [-0.05, 0) is 37.6 Å². The van der Waals surface area contributed by atoms with Crippen LogP contribution < -0.4 is 10.5 Å². The van der Waals surface area contributed by atoms with Crippen LogP contribution >= 0.6 is 0 Å². The molecule has 0 spiro atoms. The van der Waals surface area contributed by atoms with Gasteiger partial charge >= 0.3 is 5.97 Å². The summed E-state index contributed by atoms with van der Waals surface area (Å²) in [4.78, 5) is 13.1. The molecule has 1 saturated heterocycles. The maximum Gasteiger partial charge on any atom is 0.335 e. The lowest BCUT2D eigenvalue weighted by Crippen LogP contribution is -2.44. The van der Waals surface area contributed by atoms with Gasteiger partial charge in [0.1, 0.15) is 12.4 Å². The molecular formula is C14H20N2O3. The fourth-order valence-corrected chi connectivity index (χ4v) is 2.31. The summed E-state index contributed by atoms with van der Waals surface area (Å²) in [5.74, 6) is -0.339. The van der Waals surface area contributed by atoms with E-state index in [4.69, 9.17) is 15.6 Å². The van der Waals surface area contributed by atoms with Gasteiger partial charge in [-0.3, -0.25) is 4.90 Å². The van der Waals surface area contributed by atoms with Gasteiger partial charge in [-0.25, -0.2) is 4.79 Å². The van der Waals surface area contributed by atoms with E-state index in [0.29, 0.717) is 12.4 Å². The lowest BCUT2D eigenvalue weighted by molar-refractivity contribution is 0.0696. The molecule has 0 bridgehead atoms. The maximum atomic E-state index is 10.8. The predicted molar refractivity (Wildman–Crippen MR) is 72.5 cm³/mol. The van der Waals surface area contributed by atoms with Crippen LogP contribution in [0.25, 0.3) is 0 Å². The van der Waals surface area contributed by atoms with E-state index in [2.05, 4.69) is 4.90 Å². The second-order valence-corrected chi connectivity index (χ2v) is 4.88. The molecule has 104 valence electrons. The van der Waals surface area contributed by atoms with E-state index in [0.717, 1.165) is 32.5 Å².